The zero-order chi connectivity index (χ0) is 12.3. The first-order valence-electron chi connectivity index (χ1n) is 6.89. The third-order valence-electron chi connectivity index (χ3n) is 4.20. The number of nitrogens with one attached hydrogen (secondary N) is 1. The van der Waals surface area contributed by atoms with Crippen LogP contribution in [0.15, 0.2) is 0 Å². The summed E-state index contributed by atoms with van der Waals surface area (Å²) >= 11 is 0. The van der Waals surface area contributed by atoms with Gasteiger partial charge in [0.2, 0.25) is 5.91 Å². The Morgan fingerprint density at radius 3 is 2.59 bits per heavy atom. The van der Waals surface area contributed by atoms with Gasteiger partial charge in [-0.25, -0.2) is 0 Å². The molecule has 1 heterocycles. The number of hydrogen-bond donors (Lipinski definition) is 1. The quantitative estimate of drug-likeness (QED) is 0.787. The lowest BCUT2D eigenvalue weighted by atomic mass is 9.92. The lowest BCUT2D eigenvalue weighted by Gasteiger charge is -2.44. The zero-order valence-electron chi connectivity index (χ0n) is 11.1. The third-order valence-corrected chi connectivity index (χ3v) is 4.20. The molecule has 0 aromatic rings. The number of hydrogen-bond acceptors (Lipinski definition) is 3. The summed E-state index contributed by atoms with van der Waals surface area (Å²) in [6, 6.07) is 0.696. The summed E-state index contributed by atoms with van der Waals surface area (Å²) in [5, 5.41) is 3.17. The number of likely N-dealkylation sites (N-methyl/N-ethyl adjacent to an activating group) is 2. The first-order valence-corrected chi connectivity index (χ1v) is 6.89. The molecule has 1 atom stereocenters. The standard InChI is InChI=1S/C13H25N3O/c1-14-10-12-13(17)15(2)8-9-16(12)11-6-4-3-5-7-11/h11-12,14H,3-10H2,1-2H3. The molecule has 1 unspecified atom stereocenters. The molecule has 1 saturated carbocycles. The van der Waals surface area contributed by atoms with Crippen molar-refractivity contribution in [3.63, 3.8) is 0 Å². The molecular formula is C13H25N3O. The van der Waals surface area contributed by atoms with E-state index in [0.29, 0.717) is 6.04 Å². The Bertz CT molecular complexity index is 263. The van der Waals surface area contributed by atoms with E-state index in [1.165, 1.54) is 32.1 Å². The van der Waals surface area contributed by atoms with Crippen molar-refractivity contribution in [2.75, 3.05) is 33.7 Å². The van der Waals surface area contributed by atoms with Crippen LogP contribution < -0.4 is 5.32 Å². The van der Waals surface area contributed by atoms with Gasteiger partial charge in [-0.2, -0.15) is 0 Å². The zero-order valence-corrected chi connectivity index (χ0v) is 11.1. The summed E-state index contributed by atoms with van der Waals surface area (Å²) in [5.74, 6) is 0.288. The second kappa shape index (κ2) is 5.83. The van der Waals surface area contributed by atoms with Crippen molar-refractivity contribution in [1.29, 1.82) is 0 Å². The van der Waals surface area contributed by atoms with Gasteiger partial charge < -0.3 is 10.2 Å². The van der Waals surface area contributed by atoms with Crippen molar-refractivity contribution < 1.29 is 4.79 Å². The molecule has 4 heteroatoms. The molecule has 0 spiro atoms. The number of nitrogens with zero attached hydrogens (tertiary/aromatic N) is 2. The maximum atomic E-state index is 12.2. The van der Waals surface area contributed by atoms with E-state index in [4.69, 9.17) is 0 Å². The van der Waals surface area contributed by atoms with Crippen LogP contribution in [-0.4, -0.2) is 61.5 Å². The molecule has 1 aliphatic carbocycles. The van der Waals surface area contributed by atoms with Gasteiger partial charge in [0.25, 0.3) is 0 Å². The topological polar surface area (TPSA) is 35.6 Å². The molecular weight excluding hydrogens is 214 g/mol. The first-order chi connectivity index (χ1) is 8.24. The minimum Gasteiger partial charge on any atom is -0.343 e. The normalized spacial score (nSPS) is 28.7. The summed E-state index contributed by atoms with van der Waals surface area (Å²) < 4.78 is 0. The van der Waals surface area contributed by atoms with Gasteiger partial charge in [-0.1, -0.05) is 19.3 Å². The maximum Gasteiger partial charge on any atom is 0.241 e. The van der Waals surface area contributed by atoms with Gasteiger partial charge in [-0.05, 0) is 19.9 Å². The van der Waals surface area contributed by atoms with Crippen molar-refractivity contribution >= 4 is 5.91 Å². The van der Waals surface area contributed by atoms with Crippen molar-refractivity contribution in [1.82, 2.24) is 15.1 Å². The van der Waals surface area contributed by atoms with Crippen LogP contribution in [0.2, 0.25) is 0 Å². The Balaban J connectivity index is 2.04. The molecule has 0 aromatic carbocycles. The highest BCUT2D eigenvalue weighted by Crippen LogP contribution is 2.25. The van der Waals surface area contributed by atoms with Gasteiger partial charge >= 0.3 is 0 Å². The molecule has 1 amide bonds. The molecule has 2 fully saturated rings. The van der Waals surface area contributed by atoms with Gasteiger partial charge in [0, 0.05) is 32.7 Å². The highest BCUT2D eigenvalue weighted by molar-refractivity contribution is 5.82. The van der Waals surface area contributed by atoms with Crippen LogP contribution in [0, 0.1) is 0 Å². The van der Waals surface area contributed by atoms with Crippen LogP contribution in [0.3, 0.4) is 0 Å². The second-order valence-corrected chi connectivity index (χ2v) is 5.36. The number of piperazine rings is 1. The fraction of sp³-hybridized carbons (Fsp3) is 0.923. The fourth-order valence-electron chi connectivity index (χ4n) is 3.18. The Labute approximate surface area is 104 Å². The number of carbonyl (C=O) groups is 1. The van der Waals surface area contributed by atoms with E-state index in [1.54, 1.807) is 0 Å². The lowest BCUT2D eigenvalue weighted by molar-refractivity contribution is -0.142. The summed E-state index contributed by atoms with van der Waals surface area (Å²) in [7, 11) is 3.85. The molecule has 17 heavy (non-hydrogen) atoms. The molecule has 4 nitrogen and oxygen atoms in total. The van der Waals surface area contributed by atoms with E-state index in [9.17, 15) is 4.79 Å². The Morgan fingerprint density at radius 1 is 1.24 bits per heavy atom. The van der Waals surface area contributed by atoms with E-state index in [0.717, 1.165) is 19.6 Å². The molecule has 2 aliphatic rings. The van der Waals surface area contributed by atoms with Crippen LogP contribution in [0.4, 0.5) is 0 Å². The summed E-state index contributed by atoms with van der Waals surface area (Å²) in [4.78, 5) is 16.5. The van der Waals surface area contributed by atoms with Crippen molar-refractivity contribution in [2.24, 2.45) is 0 Å². The summed E-state index contributed by atoms with van der Waals surface area (Å²) in [6.45, 7) is 2.70. The van der Waals surface area contributed by atoms with Gasteiger partial charge in [0.1, 0.15) is 6.04 Å². The minimum atomic E-state index is 0.0573. The maximum absolute atomic E-state index is 12.2. The van der Waals surface area contributed by atoms with E-state index in [1.807, 2.05) is 19.0 Å². The minimum absolute atomic E-state index is 0.0573. The summed E-state index contributed by atoms with van der Waals surface area (Å²) in [6.07, 6.45) is 6.58. The SMILES string of the molecule is CNCC1C(=O)N(C)CCN1C1CCCCC1. The molecule has 1 aliphatic heterocycles. The molecule has 1 N–H and O–H groups in total. The average Bonchev–Trinajstić information content (AvgIpc) is 2.36. The predicted octanol–water partition coefficient (Wildman–Crippen LogP) is 0.681. The Kier molecular flexibility index (Phi) is 4.40. The Morgan fingerprint density at radius 2 is 1.94 bits per heavy atom. The van der Waals surface area contributed by atoms with Gasteiger partial charge in [-0.15, -0.1) is 0 Å². The van der Waals surface area contributed by atoms with Crippen LogP contribution in [0.25, 0.3) is 0 Å². The predicted molar refractivity (Wildman–Crippen MR) is 68.9 cm³/mol. The first kappa shape index (κ1) is 12.8. The molecule has 0 aromatic heterocycles. The molecule has 2 rings (SSSR count). The van der Waals surface area contributed by atoms with Gasteiger partial charge in [-0.3, -0.25) is 9.69 Å². The van der Waals surface area contributed by atoms with Crippen LogP contribution >= 0.6 is 0 Å². The highest BCUT2D eigenvalue weighted by atomic mass is 16.2. The number of amides is 1. The molecule has 1 saturated heterocycles. The fourth-order valence-corrected chi connectivity index (χ4v) is 3.18. The molecule has 0 radical (unpaired) electrons. The van der Waals surface area contributed by atoms with E-state index >= 15 is 0 Å². The van der Waals surface area contributed by atoms with Gasteiger partial charge in [0.15, 0.2) is 0 Å². The van der Waals surface area contributed by atoms with E-state index in [-0.39, 0.29) is 11.9 Å². The second-order valence-electron chi connectivity index (χ2n) is 5.36. The van der Waals surface area contributed by atoms with Crippen LogP contribution in [0.5, 0.6) is 0 Å². The van der Waals surface area contributed by atoms with Gasteiger partial charge in [0.05, 0.1) is 0 Å². The van der Waals surface area contributed by atoms with Crippen LogP contribution in [-0.2, 0) is 4.79 Å². The molecule has 98 valence electrons. The van der Waals surface area contributed by atoms with E-state index < -0.39 is 0 Å². The van der Waals surface area contributed by atoms with Crippen molar-refractivity contribution in [2.45, 2.75) is 44.2 Å². The smallest absolute Gasteiger partial charge is 0.241 e. The van der Waals surface area contributed by atoms with Crippen LogP contribution in [0.1, 0.15) is 32.1 Å². The van der Waals surface area contributed by atoms with Crippen molar-refractivity contribution in [3.8, 4) is 0 Å². The monoisotopic (exact) mass is 239 g/mol. The third kappa shape index (κ3) is 2.80. The summed E-state index contributed by atoms with van der Waals surface area (Å²) in [5.41, 5.74) is 0. The number of rotatable bonds is 3. The number of carbonyl (C=O) groups excluding carboxylic acids is 1. The van der Waals surface area contributed by atoms with E-state index in [2.05, 4.69) is 10.2 Å². The highest BCUT2D eigenvalue weighted by Gasteiger charge is 2.36. The molecule has 0 bridgehead atoms. The average molecular weight is 239 g/mol. The van der Waals surface area contributed by atoms with Crippen molar-refractivity contribution in [3.05, 3.63) is 0 Å². The largest absolute Gasteiger partial charge is 0.343 e. The Hall–Kier alpha value is -0.610. The lowest BCUT2D eigenvalue weighted by Crippen LogP contribution is -2.61.